The summed E-state index contributed by atoms with van der Waals surface area (Å²) in [5, 5.41) is 11.0. The number of nitrogens with two attached hydrogens (primary N) is 1. The summed E-state index contributed by atoms with van der Waals surface area (Å²) in [6.45, 7) is 7.98. The van der Waals surface area contributed by atoms with Gasteiger partial charge in [-0.3, -0.25) is 14.8 Å². The number of rotatable bonds is 9. The van der Waals surface area contributed by atoms with Crippen molar-refractivity contribution in [2.75, 3.05) is 11.6 Å². The summed E-state index contributed by atoms with van der Waals surface area (Å²) in [6, 6.07) is 3.52. The second kappa shape index (κ2) is 8.75. The van der Waals surface area contributed by atoms with E-state index >= 15 is 0 Å². The van der Waals surface area contributed by atoms with Crippen molar-refractivity contribution in [3.8, 4) is 0 Å². The van der Waals surface area contributed by atoms with Crippen LogP contribution >= 0.6 is 0 Å². The zero-order valence-corrected chi connectivity index (χ0v) is 14.9. The minimum Gasteiger partial charge on any atom is -0.286 e. The van der Waals surface area contributed by atoms with Crippen molar-refractivity contribution in [2.24, 2.45) is 17.2 Å². The third-order valence-electron chi connectivity index (χ3n) is 3.99. The highest BCUT2D eigenvalue weighted by atomic mass is 16.5. The minimum absolute atomic E-state index is 0.102. The van der Waals surface area contributed by atoms with Gasteiger partial charge in [-0.25, -0.2) is 20.9 Å². The van der Waals surface area contributed by atoms with Gasteiger partial charge in [-0.15, -0.1) is 0 Å². The predicted octanol–water partition coefficient (Wildman–Crippen LogP) is 2.28. The van der Waals surface area contributed by atoms with E-state index < -0.39 is 5.92 Å². The van der Waals surface area contributed by atoms with E-state index in [1.54, 1.807) is 12.3 Å². The van der Waals surface area contributed by atoms with E-state index in [2.05, 4.69) is 25.8 Å². The number of hydrazine groups is 1. The van der Waals surface area contributed by atoms with Crippen LogP contribution in [0.15, 0.2) is 18.3 Å². The Balaban J connectivity index is 2.99. The van der Waals surface area contributed by atoms with Gasteiger partial charge in [0.2, 0.25) is 12.3 Å². The fourth-order valence-corrected chi connectivity index (χ4v) is 2.91. The molecule has 1 aromatic heterocycles. The fraction of sp³-hybridized carbons (Fsp3) is 0.588. The van der Waals surface area contributed by atoms with E-state index in [1.165, 1.54) is 0 Å². The molecule has 24 heavy (non-hydrogen) atoms. The summed E-state index contributed by atoms with van der Waals surface area (Å²) >= 11 is 0. The number of hydrogen-bond donors (Lipinski definition) is 2. The largest absolute Gasteiger partial charge is 0.286 e. The van der Waals surface area contributed by atoms with Gasteiger partial charge in [0.1, 0.15) is 5.82 Å². The van der Waals surface area contributed by atoms with Gasteiger partial charge in [-0.05, 0) is 42.9 Å². The van der Waals surface area contributed by atoms with Crippen molar-refractivity contribution in [3.63, 3.8) is 0 Å². The first-order valence-corrected chi connectivity index (χ1v) is 8.12. The van der Waals surface area contributed by atoms with Crippen LogP contribution in [0.4, 0.5) is 5.82 Å². The normalized spacial score (nSPS) is 12.6. The quantitative estimate of drug-likeness (QED) is 0.237. The van der Waals surface area contributed by atoms with Crippen LogP contribution in [0.5, 0.6) is 0 Å². The van der Waals surface area contributed by atoms with Crippen LogP contribution < -0.4 is 10.9 Å². The van der Waals surface area contributed by atoms with Crippen LogP contribution in [0.3, 0.4) is 0 Å². The Kier molecular flexibility index (Phi) is 7.31. The van der Waals surface area contributed by atoms with Crippen LogP contribution in [0, 0.1) is 18.3 Å². The van der Waals surface area contributed by atoms with Crippen molar-refractivity contribution >= 4 is 18.1 Å². The third kappa shape index (κ3) is 5.90. The zero-order valence-electron chi connectivity index (χ0n) is 14.9. The maximum Gasteiger partial charge on any atom is 0.247 e. The van der Waals surface area contributed by atoms with Gasteiger partial charge in [-0.2, -0.15) is 0 Å². The molecule has 7 heteroatoms. The Morgan fingerprint density at radius 1 is 1.50 bits per heavy atom. The molecule has 0 radical (unpaired) electrons. The van der Waals surface area contributed by atoms with Crippen LogP contribution in [-0.4, -0.2) is 34.1 Å². The second-order valence-corrected chi connectivity index (χ2v) is 6.94. The van der Waals surface area contributed by atoms with Crippen molar-refractivity contribution in [1.29, 1.82) is 0 Å². The maximum atomic E-state index is 12.8. The molecule has 7 nitrogen and oxygen atoms in total. The molecule has 0 aromatic carbocycles. The zero-order chi connectivity index (χ0) is 18.3. The number of carbonyl (C=O) groups excluding carboxylic acids is 2. The standard InChI is InChI=1S/C17H28N4O3/c1-5-7-17(3,4)10-14(11-20(24)12-22)16(23)21(18)15-9-13(2)6-8-19-15/h6,8-9,12,14,24H,5,7,10-11,18H2,1-4H3/t14-/m1/s1. The smallest absolute Gasteiger partial charge is 0.247 e. The van der Waals surface area contributed by atoms with E-state index in [9.17, 15) is 14.8 Å². The molecule has 134 valence electrons. The minimum atomic E-state index is -0.617. The Hall–Kier alpha value is -1.99. The number of nitrogens with zero attached hydrogens (tertiary/aromatic N) is 3. The van der Waals surface area contributed by atoms with Gasteiger partial charge in [0, 0.05) is 6.20 Å². The molecule has 3 N–H and O–H groups in total. The average molecular weight is 336 g/mol. The van der Waals surface area contributed by atoms with Crippen LogP contribution in [0.2, 0.25) is 0 Å². The maximum absolute atomic E-state index is 12.8. The summed E-state index contributed by atoms with van der Waals surface area (Å²) in [6.07, 6.45) is 4.29. The van der Waals surface area contributed by atoms with Crippen molar-refractivity contribution in [3.05, 3.63) is 23.9 Å². The van der Waals surface area contributed by atoms with E-state index in [4.69, 9.17) is 5.84 Å². The SMILES string of the molecule is CCCC(C)(C)C[C@H](CN(O)C=O)C(=O)N(N)c1cc(C)ccn1. The molecular weight excluding hydrogens is 308 g/mol. The third-order valence-corrected chi connectivity index (χ3v) is 3.99. The number of anilines is 1. The molecule has 0 saturated carbocycles. The number of aromatic nitrogens is 1. The summed E-state index contributed by atoms with van der Waals surface area (Å²) in [5.74, 6) is 5.30. The molecule has 1 aromatic rings. The number of hydrogen-bond acceptors (Lipinski definition) is 5. The molecule has 0 fully saturated rings. The molecule has 1 rings (SSSR count). The second-order valence-electron chi connectivity index (χ2n) is 6.94. The van der Waals surface area contributed by atoms with Gasteiger partial charge in [-0.1, -0.05) is 27.2 Å². The lowest BCUT2D eigenvalue weighted by Crippen LogP contribution is -2.46. The van der Waals surface area contributed by atoms with Gasteiger partial charge >= 0.3 is 0 Å². The van der Waals surface area contributed by atoms with Crippen LogP contribution in [-0.2, 0) is 9.59 Å². The molecule has 0 aliphatic heterocycles. The van der Waals surface area contributed by atoms with E-state index in [0.29, 0.717) is 23.7 Å². The highest BCUT2D eigenvalue weighted by Crippen LogP contribution is 2.32. The average Bonchev–Trinajstić information content (AvgIpc) is 2.52. The Morgan fingerprint density at radius 2 is 2.17 bits per heavy atom. The highest BCUT2D eigenvalue weighted by Gasteiger charge is 2.32. The summed E-state index contributed by atoms with van der Waals surface area (Å²) < 4.78 is 0. The highest BCUT2D eigenvalue weighted by molar-refractivity contribution is 5.93. The van der Waals surface area contributed by atoms with Crippen molar-refractivity contribution in [2.45, 2.75) is 47.0 Å². The topological polar surface area (TPSA) is 99.8 Å². The summed E-state index contributed by atoms with van der Waals surface area (Å²) in [5.41, 5.74) is 0.822. The molecule has 1 heterocycles. The first kappa shape index (κ1) is 20.1. The number of amides is 2. The monoisotopic (exact) mass is 336 g/mol. The Bertz CT molecular complexity index is 563. The van der Waals surface area contributed by atoms with Crippen LogP contribution in [0.1, 0.15) is 45.6 Å². The van der Waals surface area contributed by atoms with Crippen LogP contribution in [0.25, 0.3) is 0 Å². The number of pyridine rings is 1. The number of carbonyl (C=O) groups is 2. The molecule has 0 bridgehead atoms. The van der Waals surface area contributed by atoms with E-state index in [1.807, 2.05) is 13.0 Å². The van der Waals surface area contributed by atoms with Gasteiger partial charge < -0.3 is 0 Å². The number of hydroxylamine groups is 2. The molecule has 0 saturated heterocycles. The summed E-state index contributed by atoms with van der Waals surface area (Å²) in [7, 11) is 0. The summed E-state index contributed by atoms with van der Waals surface area (Å²) in [4.78, 5) is 27.7. The van der Waals surface area contributed by atoms with Gasteiger partial charge in [0.25, 0.3) is 0 Å². The van der Waals surface area contributed by atoms with E-state index in [-0.39, 0.29) is 17.9 Å². The van der Waals surface area contributed by atoms with Gasteiger partial charge in [0.05, 0.1) is 12.5 Å². The predicted molar refractivity (Wildman–Crippen MR) is 92.0 cm³/mol. The Labute approximate surface area is 143 Å². The Morgan fingerprint density at radius 3 is 2.71 bits per heavy atom. The molecular formula is C17H28N4O3. The molecule has 2 amide bonds. The lowest BCUT2D eigenvalue weighted by Gasteiger charge is -2.31. The van der Waals surface area contributed by atoms with E-state index in [0.717, 1.165) is 23.4 Å². The first-order chi connectivity index (χ1) is 11.2. The molecule has 0 aliphatic rings. The van der Waals surface area contributed by atoms with Gasteiger partial charge in [0.15, 0.2) is 0 Å². The lowest BCUT2D eigenvalue weighted by molar-refractivity contribution is -0.155. The van der Waals surface area contributed by atoms with Crippen molar-refractivity contribution in [1.82, 2.24) is 10.0 Å². The molecule has 1 atom stereocenters. The van der Waals surface area contributed by atoms with Crippen molar-refractivity contribution < 1.29 is 14.8 Å². The lowest BCUT2D eigenvalue weighted by atomic mass is 9.79. The molecule has 0 aliphatic carbocycles. The first-order valence-electron chi connectivity index (χ1n) is 8.12. The molecule has 0 spiro atoms. The number of aryl methyl sites for hydroxylation is 1. The molecule has 0 unspecified atom stereocenters. The fourth-order valence-electron chi connectivity index (χ4n) is 2.91.